The van der Waals surface area contributed by atoms with Gasteiger partial charge in [-0.15, -0.1) is 0 Å². The van der Waals surface area contributed by atoms with E-state index >= 15 is 0 Å². The number of amides is 2. The number of ketones is 1. The zero-order valence-corrected chi connectivity index (χ0v) is 5.51. The van der Waals surface area contributed by atoms with Crippen molar-refractivity contribution in [2.45, 2.75) is 13.3 Å². The van der Waals surface area contributed by atoms with Crippen LogP contribution in [0.1, 0.15) is 14.8 Å². The van der Waals surface area contributed by atoms with Gasteiger partial charge in [0.2, 0.25) is 11.8 Å². The van der Waals surface area contributed by atoms with Gasteiger partial charge in [0, 0.05) is 1.43 Å². The Morgan fingerprint density at radius 2 is 2.10 bits per heavy atom. The van der Waals surface area contributed by atoms with Crippen LogP contribution in [-0.4, -0.2) is 17.6 Å². The molecule has 4 heteroatoms. The number of nitrogens with one attached hydrogen (secondary N) is 1. The zero-order valence-electron chi connectivity index (χ0n) is 5.51. The second kappa shape index (κ2) is 2.21. The lowest BCUT2D eigenvalue weighted by Gasteiger charge is -2.14. The lowest BCUT2D eigenvalue weighted by molar-refractivity contribution is -0.142. The molecule has 56 valence electrons. The quantitative estimate of drug-likeness (QED) is 0.366. The van der Waals surface area contributed by atoms with E-state index in [0.29, 0.717) is 0 Å². The van der Waals surface area contributed by atoms with Gasteiger partial charge in [-0.2, -0.15) is 0 Å². The first-order valence-corrected chi connectivity index (χ1v) is 2.97. The van der Waals surface area contributed by atoms with Crippen LogP contribution in [-0.2, 0) is 14.4 Å². The molecule has 0 aliphatic carbocycles. The number of hydrogen-bond acceptors (Lipinski definition) is 3. The summed E-state index contributed by atoms with van der Waals surface area (Å²) in [6.07, 6.45) is -0.160. The molecule has 1 atom stereocenters. The van der Waals surface area contributed by atoms with Gasteiger partial charge >= 0.3 is 0 Å². The number of piperidine rings is 1. The van der Waals surface area contributed by atoms with Gasteiger partial charge in [0.15, 0.2) is 5.78 Å². The fourth-order valence-corrected chi connectivity index (χ4v) is 0.747. The molecule has 10 heavy (non-hydrogen) atoms. The zero-order chi connectivity index (χ0) is 7.72. The summed E-state index contributed by atoms with van der Waals surface area (Å²) in [6.45, 7) is 1.49. The Morgan fingerprint density at radius 3 is 2.60 bits per heavy atom. The summed E-state index contributed by atoms with van der Waals surface area (Å²) < 4.78 is 0. The molecule has 4 nitrogen and oxygen atoms in total. The van der Waals surface area contributed by atoms with Gasteiger partial charge in [0.1, 0.15) is 0 Å². The molecule has 1 aliphatic rings. The van der Waals surface area contributed by atoms with Crippen molar-refractivity contribution in [3.8, 4) is 0 Å². The Bertz CT molecular complexity index is 194. The van der Waals surface area contributed by atoms with Crippen molar-refractivity contribution in [2.75, 3.05) is 0 Å². The first-order chi connectivity index (χ1) is 4.61. The molecule has 1 saturated heterocycles. The van der Waals surface area contributed by atoms with Crippen LogP contribution in [0.15, 0.2) is 0 Å². The largest absolute Gasteiger partial charge is 0.298 e. The third-order valence-electron chi connectivity index (χ3n) is 1.47. The molecular weight excluding hydrogens is 134 g/mol. The molecule has 1 heterocycles. The van der Waals surface area contributed by atoms with Gasteiger partial charge in [-0.1, -0.05) is 0 Å². The van der Waals surface area contributed by atoms with Crippen molar-refractivity contribution in [1.82, 2.24) is 5.32 Å². The van der Waals surface area contributed by atoms with Gasteiger partial charge in [0.05, 0.1) is 12.3 Å². The van der Waals surface area contributed by atoms with E-state index in [1.54, 1.807) is 0 Å². The number of carbonyl (C=O) groups excluding carboxylic acids is 3. The van der Waals surface area contributed by atoms with Crippen LogP contribution < -0.4 is 5.32 Å². The second-order valence-electron chi connectivity index (χ2n) is 2.28. The monoisotopic (exact) mass is 143 g/mol. The second-order valence-corrected chi connectivity index (χ2v) is 2.28. The van der Waals surface area contributed by atoms with E-state index in [9.17, 15) is 14.4 Å². The van der Waals surface area contributed by atoms with Gasteiger partial charge < -0.3 is 0 Å². The molecule has 0 saturated carbocycles. The number of hydrogen-bond donors (Lipinski definition) is 1. The van der Waals surface area contributed by atoms with E-state index in [-0.39, 0.29) is 13.6 Å². The van der Waals surface area contributed by atoms with Crippen molar-refractivity contribution < 1.29 is 15.8 Å². The van der Waals surface area contributed by atoms with Crippen molar-refractivity contribution in [3.63, 3.8) is 0 Å². The van der Waals surface area contributed by atoms with Gasteiger partial charge in [-0.25, -0.2) is 0 Å². The molecule has 1 fully saturated rings. The molecule has 0 aromatic carbocycles. The Balaban J connectivity index is 0.000001000. The summed E-state index contributed by atoms with van der Waals surface area (Å²) >= 11 is 0. The predicted octanol–water partition coefficient (Wildman–Crippen LogP) is -0.516. The van der Waals surface area contributed by atoms with E-state index in [0.717, 1.165) is 0 Å². The third kappa shape index (κ3) is 1.05. The SMILES string of the molecule is CC1C(=O)CC(=O)NC1=O.[HH]. The van der Waals surface area contributed by atoms with Crippen molar-refractivity contribution in [1.29, 1.82) is 0 Å². The standard InChI is InChI=1S/C6H7NO3.H2/c1-3-4(8)2-5(9)7-6(3)10;/h3H,2H2,1H3,(H,7,9,10);1H. The summed E-state index contributed by atoms with van der Waals surface area (Å²) in [4.78, 5) is 31.9. The summed E-state index contributed by atoms with van der Waals surface area (Å²) in [5.74, 6) is -1.93. The highest BCUT2D eigenvalue weighted by atomic mass is 16.2. The van der Waals surface area contributed by atoms with Crippen LogP contribution in [0, 0.1) is 5.92 Å². The van der Waals surface area contributed by atoms with E-state index in [1.165, 1.54) is 6.92 Å². The van der Waals surface area contributed by atoms with E-state index < -0.39 is 17.7 Å². The first-order valence-electron chi connectivity index (χ1n) is 2.97. The molecule has 0 radical (unpaired) electrons. The summed E-state index contributed by atoms with van der Waals surface area (Å²) in [7, 11) is 0. The van der Waals surface area contributed by atoms with Crippen molar-refractivity contribution in [3.05, 3.63) is 0 Å². The topological polar surface area (TPSA) is 63.2 Å². The molecule has 0 aromatic heterocycles. The molecule has 1 N–H and O–H groups in total. The van der Waals surface area contributed by atoms with Crippen LogP contribution in [0.2, 0.25) is 0 Å². The summed E-state index contributed by atoms with van der Waals surface area (Å²) in [6, 6.07) is 0. The van der Waals surface area contributed by atoms with Crippen LogP contribution >= 0.6 is 0 Å². The minimum absolute atomic E-state index is 0. The average molecular weight is 143 g/mol. The number of imide groups is 1. The smallest absolute Gasteiger partial charge is 0.236 e. The minimum Gasteiger partial charge on any atom is -0.298 e. The minimum atomic E-state index is -0.655. The highest BCUT2D eigenvalue weighted by Gasteiger charge is 2.29. The number of rotatable bonds is 0. The van der Waals surface area contributed by atoms with E-state index in [2.05, 4.69) is 5.32 Å². The molecule has 0 aromatic rings. The number of Topliss-reactive ketones (excluding diaryl/α,β-unsaturated/α-hetero) is 1. The molecule has 0 bridgehead atoms. The Morgan fingerprint density at radius 1 is 1.50 bits per heavy atom. The van der Waals surface area contributed by atoms with Crippen LogP contribution in [0.4, 0.5) is 0 Å². The molecule has 0 spiro atoms. The predicted molar refractivity (Wildman–Crippen MR) is 34.1 cm³/mol. The fourth-order valence-electron chi connectivity index (χ4n) is 0.747. The van der Waals surface area contributed by atoms with Gasteiger partial charge in [-0.05, 0) is 6.92 Å². The Labute approximate surface area is 59.1 Å². The molecule has 1 rings (SSSR count). The Hall–Kier alpha value is -1.19. The van der Waals surface area contributed by atoms with Crippen molar-refractivity contribution in [2.24, 2.45) is 5.92 Å². The van der Waals surface area contributed by atoms with Crippen LogP contribution in [0.5, 0.6) is 0 Å². The Kier molecular flexibility index (Phi) is 1.53. The van der Waals surface area contributed by atoms with E-state index in [4.69, 9.17) is 0 Å². The highest BCUT2D eigenvalue weighted by Crippen LogP contribution is 2.05. The van der Waals surface area contributed by atoms with E-state index in [1.807, 2.05) is 0 Å². The molecular formula is C6H9NO3. The van der Waals surface area contributed by atoms with Gasteiger partial charge in [0.25, 0.3) is 0 Å². The van der Waals surface area contributed by atoms with Crippen LogP contribution in [0.25, 0.3) is 0 Å². The van der Waals surface area contributed by atoms with Gasteiger partial charge in [-0.3, -0.25) is 19.7 Å². The molecule has 1 unspecified atom stereocenters. The third-order valence-corrected chi connectivity index (χ3v) is 1.47. The maximum absolute atomic E-state index is 10.7. The molecule has 1 aliphatic heterocycles. The maximum atomic E-state index is 10.7. The van der Waals surface area contributed by atoms with Crippen molar-refractivity contribution >= 4 is 17.6 Å². The summed E-state index contributed by atoms with van der Waals surface area (Å²) in [5, 5.41) is 2.06. The fraction of sp³-hybridized carbons (Fsp3) is 0.500. The maximum Gasteiger partial charge on any atom is 0.236 e. The normalized spacial score (nSPS) is 26.5. The highest BCUT2D eigenvalue weighted by molar-refractivity contribution is 6.17. The summed E-state index contributed by atoms with van der Waals surface area (Å²) in [5.41, 5.74) is 0. The van der Waals surface area contributed by atoms with Crippen LogP contribution in [0.3, 0.4) is 0 Å². The first kappa shape index (κ1) is 6.92. The molecule has 2 amide bonds. The lowest BCUT2D eigenvalue weighted by atomic mass is 9.99. The number of carbonyl (C=O) groups is 3. The lowest BCUT2D eigenvalue weighted by Crippen LogP contribution is -2.44. The average Bonchev–Trinajstić information content (AvgIpc) is 1.82.